The number of hydrogen-bond donors (Lipinski definition) is 2. The minimum Gasteiger partial charge on any atom is -0.458 e. The summed E-state index contributed by atoms with van der Waals surface area (Å²) < 4.78 is 16.9. The van der Waals surface area contributed by atoms with Crippen molar-refractivity contribution in [1.29, 1.82) is 0 Å². The first-order valence-electron chi connectivity index (χ1n) is 9.11. The Bertz CT molecular complexity index is 722. The maximum Gasteiger partial charge on any atom is 0.336 e. The molecule has 2 aliphatic heterocycles. The molecule has 2 heterocycles. The summed E-state index contributed by atoms with van der Waals surface area (Å²) in [5.41, 5.74) is 0.459. The van der Waals surface area contributed by atoms with Gasteiger partial charge in [0.15, 0.2) is 0 Å². The van der Waals surface area contributed by atoms with Crippen LogP contribution in [0.3, 0.4) is 0 Å². The van der Waals surface area contributed by atoms with Gasteiger partial charge in [0.05, 0.1) is 35.9 Å². The van der Waals surface area contributed by atoms with Crippen molar-refractivity contribution < 1.29 is 34.0 Å². The lowest BCUT2D eigenvalue weighted by molar-refractivity contribution is -0.149. The zero-order valence-electron chi connectivity index (χ0n) is 15.8. The van der Waals surface area contributed by atoms with Gasteiger partial charge in [-0.2, -0.15) is 0 Å². The lowest BCUT2D eigenvalue weighted by atomic mass is 9.82. The number of fused-ring (bicyclic) bond motifs is 2. The predicted octanol–water partition coefficient (Wildman–Crippen LogP) is 1.19. The molecule has 27 heavy (non-hydrogen) atoms. The summed E-state index contributed by atoms with van der Waals surface area (Å²) in [7, 11) is 0. The quantitative estimate of drug-likeness (QED) is 0.329. The monoisotopic (exact) mass is 378 g/mol. The highest BCUT2D eigenvalue weighted by molar-refractivity contribution is 5.92. The summed E-state index contributed by atoms with van der Waals surface area (Å²) in [6, 6.07) is 0. The van der Waals surface area contributed by atoms with Gasteiger partial charge in [0, 0.05) is 18.4 Å². The van der Waals surface area contributed by atoms with Crippen molar-refractivity contribution >= 4 is 11.9 Å². The van der Waals surface area contributed by atoms with E-state index in [2.05, 4.69) is 6.58 Å². The van der Waals surface area contributed by atoms with Crippen molar-refractivity contribution in [3.63, 3.8) is 0 Å². The molecular formula is C20H26O7. The van der Waals surface area contributed by atoms with Crippen molar-refractivity contribution in [3.05, 3.63) is 35.5 Å². The third kappa shape index (κ3) is 3.72. The lowest BCUT2D eigenvalue weighted by Gasteiger charge is -2.29. The number of hydrogen-bond acceptors (Lipinski definition) is 7. The number of esters is 2. The van der Waals surface area contributed by atoms with Crippen molar-refractivity contribution in [2.45, 2.75) is 63.6 Å². The maximum atomic E-state index is 12.4. The third-order valence-electron chi connectivity index (χ3n) is 5.73. The van der Waals surface area contributed by atoms with Crippen LogP contribution in [0.5, 0.6) is 0 Å². The Hall–Kier alpha value is -1.96. The molecule has 2 saturated heterocycles. The molecule has 0 radical (unpaired) electrons. The van der Waals surface area contributed by atoms with Gasteiger partial charge in [-0.1, -0.05) is 12.7 Å². The number of aliphatic hydroxyl groups excluding tert-OH is 2. The fourth-order valence-corrected chi connectivity index (χ4v) is 3.84. The fraction of sp³-hybridized carbons (Fsp3) is 0.600. The van der Waals surface area contributed by atoms with Gasteiger partial charge in [0.25, 0.3) is 0 Å². The van der Waals surface area contributed by atoms with Gasteiger partial charge < -0.3 is 24.4 Å². The first kappa shape index (κ1) is 19.8. The molecule has 0 bridgehead atoms. The lowest BCUT2D eigenvalue weighted by Crippen LogP contribution is -2.38. The number of carbonyl (C=O) groups is 2. The van der Waals surface area contributed by atoms with Gasteiger partial charge in [-0.15, -0.1) is 0 Å². The van der Waals surface area contributed by atoms with Gasteiger partial charge in [0.1, 0.15) is 12.2 Å². The van der Waals surface area contributed by atoms with E-state index >= 15 is 0 Å². The molecule has 0 aromatic carbocycles. The van der Waals surface area contributed by atoms with E-state index in [4.69, 9.17) is 14.2 Å². The third-order valence-corrected chi connectivity index (χ3v) is 5.73. The molecule has 7 nitrogen and oxygen atoms in total. The molecule has 2 N–H and O–H groups in total. The first-order valence-corrected chi connectivity index (χ1v) is 9.11. The van der Waals surface area contributed by atoms with Gasteiger partial charge in [-0.05, 0) is 32.4 Å². The number of ether oxygens (including phenoxy) is 3. The van der Waals surface area contributed by atoms with E-state index < -0.39 is 48.4 Å². The smallest absolute Gasteiger partial charge is 0.336 e. The molecule has 0 saturated carbocycles. The van der Waals surface area contributed by atoms with E-state index in [1.165, 1.54) is 6.08 Å². The second-order valence-electron chi connectivity index (χ2n) is 7.62. The van der Waals surface area contributed by atoms with E-state index in [0.29, 0.717) is 18.4 Å². The second-order valence-corrected chi connectivity index (χ2v) is 7.62. The summed E-state index contributed by atoms with van der Waals surface area (Å²) in [6.07, 6.45) is 1.68. The Labute approximate surface area is 158 Å². The van der Waals surface area contributed by atoms with Crippen molar-refractivity contribution in [2.75, 3.05) is 6.61 Å². The maximum absolute atomic E-state index is 12.4. The van der Waals surface area contributed by atoms with Gasteiger partial charge in [-0.25, -0.2) is 9.59 Å². The van der Waals surface area contributed by atoms with Crippen molar-refractivity contribution in [3.8, 4) is 0 Å². The molecule has 0 unspecified atom stereocenters. The minimum absolute atomic E-state index is 0.139. The highest BCUT2D eigenvalue weighted by Gasteiger charge is 2.57. The van der Waals surface area contributed by atoms with Crippen LogP contribution >= 0.6 is 0 Å². The fourth-order valence-electron chi connectivity index (χ4n) is 3.84. The summed E-state index contributed by atoms with van der Waals surface area (Å²) in [6.45, 7) is 8.69. The Morgan fingerprint density at radius 2 is 2.22 bits per heavy atom. The van der Waals surface area contributed by atoms with Crippen LogP contribution in [0.15, 0.2) is 35.5 Å². The highest BCUT2D eigenvalue weighted by atomic mass is 16.6. The Kier molecular flexibility index (Phi) is 5.29. The van der Waals surface area contributed by atoms with Crippen molar-refractivity contribution in [2.24, 2.45) is 5.92 Å². The molecule has 1 aliphatic carbocycles. The molecule has 0 aromatic rings. The topological polar surface area (TPSA) is 106 Å². The second kappa shape index (κ2) is 7.22. The predicted molar refractivity (Wildman–Crippen MR) is 95.5 cm³/mol. The van der Waals surface area contributed by atoms with Crippen molar-refractivity contribution in [1.82, 2.24) is 0 Å². The van der Waals surface area contributed by atoms with E-state index in [1.807, 2.05) is 6.92 Å². The number of rotatable bonds is 3. The normalized spacial score (nSPS) is 41.0. The summed E-state index contributed by atoms with van der Waals surface area (Å²) in [5.74, 6) is -1.77. The summed E-state index contributed by atoms with van der Waals surface area (Å²) in [4.78, 5) is 24.6. The number of epoxide rings is 1. The van der Waals surface area contributed by atoms with E-state index in [0.717, 1.165) is 0 Å². The zero-order chi connectivity index (χ0) is 19.9. The molecule has 148 valence electrons. The summed E-state index contributed by atoms with van der Waals surface area (Å²) >= 11 is 0. The molecule has 3 aliphatic rings. The molecule has 2 fully saturated rings. The Balaban J connectivity index is 1.97. The molecule has 3 rings (SSSR count). The SMILES string of the molecule is C=C1C(=O)O[C@@H]2/C=C(/C)[C@@H](O)C[C@@H]3O[C@]3(C)C[C@@H](OC(=O)/C(=C/C)CO)[C@@H]12. The summed E-state index contributed by atoms with van der Waals surface area (Å²) in [5, 5.41) is 19.7. The largest absolute Gasteiger partial charge is 0.458 e. The average molecular weight is 378 g/mol. The van der Waals surface area contributed by atoms with Gasteiger partial charge >= 0.3 is 11.9 Å². The Morgan fingerprint density at radius 1 is 1.52 bits per heavy atom. The molecular weight excluding hydrogens is 352 g/mol. The van der Waals surface area contributed by atoms with Crippen LogP contribution in [0.25, 0.3) is 0 Å². The molecule has 7 heteroatoms. The van der Waals surface area contributed by atoms with Crippen LogP contribution in [-0.4, -0.2) is 58.8 Å². The van der Waals surface area contributed by atoms with E-state index in [1.54, 1.807) is 19.9 Å². The highest BCUT2D eigenvalue weighted by Crippen LogP contribution is 2.47. The Morgan fingerprint density at radius 3 is 2.85 bits per heavy atom. The minimum atomic E-state index is -0.711. The van der Waals surface area contributed by atoms with Crippen LogP contribution in [-0.2, 0) is 23.8 Å². The van der Waals surface area contributed by atoms with E-state index in [9.17, 15) is 19.8 Å². The van der Waals surface area contributed by atoms with Gasteiger partial charge in [-0.3, -0.25) is 0 Å². The average Bonchev–Trinajstić information content (AvgIpc) is 3.13. The number of carbonyl (C=O) groups excluding carboxylic acids is 2. The molecule has 0 amide bonds. The number of aliphatic hydroxyl groups is 2. The first-order chi connectivity index (χ1) is 12.7. The molecule has 6 atom stereocenters. The van der Waals surface area contributed by atoms with E-state index in [-0.39, 0.29) is 17.3 Å². The van der Waals surface area contributed by atoms with Crippen LogP contribution in [0.4, 0.5) is 0 Å². The van der Waals surface area contributed by atoms with Crippen LogP contribution in [0.2, 0.25) is 0 Å². The van der Waals surface area contributed by atoms with Gasteiger partial charge in [0.2, 0.25) is 0 Å². The van der Waals surface area contributed by atoms with Crippen LogP contribution < -0.4 is 0 Å². The van der Waals surface area contributed by atoms with Crippen LogP contribution in [0, 0.1) is 5.92 Å². The molecule has 0 spiro atoms. The van der Waals surface area contributed by atoms with Crippen LogP contribution in [0.1, 0.15) is 33.6 Å². The zero-order valence-corrected chi connectivity index (χ0v) is 15.8. The standard InChI is InChI=1S/C20H26O7/c1-5-12(9-21)19(24)26-15-8-20(4)16(27-20)7-13(22)10(2)6-14-17(15)11(3)18(23)25-14/h5-6,13-17,21-22H,3,7-9H2,1-2,4H3/b10-6-,12-5+/t13-,14+,15+,16-,17-,20+/m0/s1. The number of allylic oxidation sites excluding steroid dienone is 1. The molecule has 0 aromatic heterocycles.